The lowest BCUT2D eigenvalue weighted by Crippen LogP contribution is -2.50. The molecule has 2 fully saturated rings. The minimum atomic E-state index is -0.374. The summed E-state index contributed by atoms with van der Waals surface area (Å²) < 4.78 is 11.1. The van der Waals surface area contributed by atoms with Gasteiger partial charge in [0.05, 0.1) is 12.2 Å². The fraction of sp³-hybridized carbons (Fsp3) is 0.412. The Kier molecular flexibility index (Phi) is 3.53. The first-order chi connectivity index (χ1) is 11.2. The molecule has 2 aliphatic heterocycles. The zero-order valence-corrected chi connectivity index (χ0v) is 12.8. The third kappa shape index (κ3) is 2.94. The zero-order valence-electron chi connectivity index (χ0n) is 12.8. The number of oxazole rings is 1. The fourth-order valence-electron chi connectivity index (χ4n) is 3.38. The minimum Gasteiger partial charge on any atom is -0.444 e. The van der Waals surface area contributed by atoms with Crippen LogP contribution in [-0.2, 0) is 11.3 Å². The van der Waals surface area contributed by atoms with Crippen LogP contribution in [0, 0.1) is 0 Å². The fourth-order valence-corrected chi connectivity index (χ4v) is 3.38. The second kappa shape index (κ2) is 5.70. The predicted molar refractivity (Wildman–Crippen MR) is 83.7 cm³/mol. The van der Waals surface area contributed by atoms with Gasteiger partial charge in [0, 0.05) is 18.7 Å². The van der Waals surface area contributed by atoms with Gasteiger partial charge in [-0.05, 0) is 31.5 Å². The molecular weight excluding hydrogens is 294 g/mol. The number of hydrogen-bond donors (Lipinski definition) is 1. The molecule has 0 bridgehead atoms. The predicted octanol–water partition coefficient (Wildman–Crippen LogP) is 2.42. The highest BCUT2D eigenvalue weighted by Crippen LogP contribution is 2.29. The summed E-state index contributed by atoms with van der Waals surface area (Å²) in [4.78, 5) is 18.2. The topological polar surface area (TPSA) is 67.6 Å². The van der Waals surface area contributed by atoms with Crippen molar-refractivity contribution in [3.63, 3.8) is 0 Å². The molecule has 2 aromatic rings. The van der Waals surface area contributed by atoms with Gasteiger partial charge in [0.1, 0.15) is 11.9 Å². The maximum atomic E-state index is 11.4. The van der Waals surface area contributed by atoms with Crippen molar-refractivity contribution in [1.82, 2.24) is 15.2 Å². The van der Waals surface area contributed by atoms with Crippen LogP contribution in [0.15, 0.2) is 41.0 Å². The van der Waals surface area contributed by atoms with Crippen LogP contribution in [0.3, 0.4) is 0 Å². The number of amides is 1. The highest BCUT2D eigenvalue weighted by molar-refractivity contribution is 5.70. The maximum Gasteiger partial charge on any atom is 0.407 e. The summed E-state index contributed by atoms with van der Waals surface area (Å²) in [7, 11) is 0. The van der Waals surface area contributed by atoms with Gasteiger partial charge in [-0.15, -0.1) is 0 Å². The molecule has 6 nitrogen and oxygen atoms in total. The van der Waals surface area contributed by atoms with Gasteiger partial charge in [-0.25, -0.2) is 9.78 Å². The normalized spacial score (nSPS) is 24.6. The first-order valence-corrected chi connectivity index (χ1v) is 7.92. The van der Waals surface area contributed by atoms with Crippen LogP contribution < -0.4 is 5.32 Å². The molecule has 2 saturated heterocycles. The Labute approximate surface area is 134 Å². The monoisotopic (exact) mass is 313 g/mol. The summed E-state index contributed by atoms with van der Waals surface area (Å²) in [6.07, 6.45) is 3.33. The summed E-state index contributed by atoms with van der Waals surface area (Å²) >= 11 is 0. The van der Waals surface area contributed by atoms with Crippen molar-refractivity contribution in [2.45, 2.75) is 25.0 Å². The number of aromatic nitrogens is 1. The number of carbonyl (C=O) groups is 1. The van der Waals surface area contributed by atoms with E-state index in [1.165, 1.54) is 0 Å². The highest BCUT2D eigenvalue weighted by Gasteiger charge is 2.43. The molecule has 6 heteroatoms. The molecule has 1 aromatic heterocycles. The van der Waals surface area contributed by atoms with Crippen molar-refractivity contribution in [3.05, 3.63) is 42.3 Å². The van der Waals surface area contributed by atoms with Gasteiger partial charge in [0.15, 0.2) is 0 Å². The highest BCUT2D eigenvalue weighted by atomic mass is 16.6. The first kappa shape index (κ1) is 14.3. The molecule has 3 heterocycles. The van der Waals surface area contributed by atoms with Crippen LogP contribution in [0.1, 0.15) is 18.5 Å². The number of rotatable bonds is 3. The third-order valence-corrected chi connectivity index (χ3v) is 4.44. The lowest BCUT2D eigenvalue weighted by atomic mass is 9.93. The number of benzene rings is 1. The van der Waals surface area contributed by atoms with E-state index in [-0.39, 0.29) is 11.7 Å². The molecule has 120 valence electrons. The van der Waals surface area contributed by atoms with E-state index in [1.54, 1.807) is 6.26 Å². The minimum absolute atomic E-state index is 0.306. The van der Waals surface area contributed by atoms with Gasteiger partial charge < -0.3 is 14.5 Å². The summed E-state index contributed by atoms with van der Waals surface area (Å²) in [6.45, 7) is 3.01. The lowest BCUT2D eigenvalue weighted by molar-refractivity contribution is -0.0114. The molecule has 0 radical (unpaired) electrons. The SMILES string of the molecule is O=C1NC[C@]2(CCCN(Cc3coc(-c4ccccc4)n3)C2)O1. The Balaban J connectivity index is 1.44. The number of nitrogens with zero attached hydrogens (tertiary/aromatic N) is 2. The number of carbonyl (C=O) groups excluding carboxylic acids is 1. The average Bonchev–Trinajstić information content (AvgIpc) is 3.16. The Morgan fingerprint density at radius 1 is 1.30 bits per heavy atom. The number of ether oxygens (including phenoxy) is 1. The second-order valence-electron chi connectivity index (χ2n) is 6.25. The van der Waals surface area contributed by atoms with Gasteiger partial charge in [-0.1, -0.05) is 18.2 Å². The molecule has 23 heavy (non-hydrogen) atoms. The molecule has 1 atom stereocenters. The van der Waals surface area contributed by atoms with Gasteiger partial charge >= 0.3 is 6.09 Å². The van der Waals surface area contributed by atoms with E-state index in [9.17, 15) is 4.79 Å². The van der Waals surface area contributed by atoms with E-state index in [1.807, 2.05) is 30.3 Å². The van der Waals surface area contributed by atoms with E-state index in [0.29, 0.717) is 19.0 Å². The molecule has 4 rings (SSSR count). The quantitative estimate of drug-likeness (QED) is 0.942. The molecule has 0 aliphatic carbocycles. The van der Waals surface area contributed by atoms with Gasteiger partial charge in [-0.2, -0.15) is 0 Å². The van der Waals surface area contributed by atoms with E-state index >= 15 is 0 Å². The van der Waals surface area contributed by atoms with Crippen molar-refractivity contribution in [1.29, 1.82) is 0 Å². The van der Waals surface area contributed by atoms with Crippen LogP contribution in [0.5, 0.6) is 0 Å². The van der Waals surface area contributed by atoms with Crippen LogP contribution >= 0.6 is 0 Å². The molecule has 0 saturated carbocycles. The average molecular weight is 313 g/mol. The molecule has 1 N–H and O–H groups in total. The Hall–Kier alpha value is -2.34. The molecule has 1 amide bonds. The van der Waals surface area contributed by atoms with E-state index < -0.39 is 0 Å². The summed E-state index contributed by atoms with van der Waals surface area (Å²) in [5.41, 5.74) is 1.50. The largest absolute Gasteiger partial charge is 0.444 e. The van der Waals surface area contributed by atoms with E-state index in [4.69, 9.17) is 9.15 Å². The number of hydrogen-bond acceptors (Lipinski definition) is 5. The van der Waals surface area contributed by atoms with Crippen molar-refractivity contribution in [2.75, 3.05) is 19.6 Å². The van der Waals surface area contributed by atoms with Crippen molar-refractivity contribution in [3.8, 4) is 11.5 Å². The molecule has 2 aliphatic rings. The van der Waals surface area contributed by atoms with E-state index in [0.717, 1.165) is 37.2 Å². The zero-order chi connectivity index (χ0) is 15.7. The molecule has 0 unspecified atom stereocenters. The van der Waals surface area contributed by atoms with Crippen LogP contribution in [0.4, 0.5) is 4.79 Å². The number of likely N-dealkylation sites (tertiary alicyclic amines) is 1. The number of alkyl carbamates (subject to hydrolysis) is 1. The second-order valence-corrected chi connectivity index (χ2v) is 6.25. The summed E-state index contributed by atoms with van der Waals surface area (Å²) in [5.74, 6) is 0.640. The number of nitrogens with one attached hydrogen (secondary N) is 1. The van der Waals surface area contributed by atoms with E-state index in [2.05, 4.69) is 15.2 Å². The van der Waals surface area contributed by atoms with Crippen molar-refractivity contribution < 1.29 is 13.9 Å². The van der Waals surface area contributed by atoms with Crippen LogP contribution in [0.2, 0.25) is 0 Å². The lowest BCUT2D eigenvalue weighted by Gasteiger charge is -2.37. The molecule has 1 aromatic carbocycles. The number of piperidine rings is 1. The van der Waals surface area contributed by atoms with Crippen molar-refractivity contribution in [2.24, 2.45) is 0 Å². The maximum absolute atomic E-state index is 11.4. The third-order valence-electron chi connectivity index (χ3n) is 4.44. The Morgan fingerprint density at radius 3 is 2.96 bits per heavy atom. The Morgan fingerprint density at radius 2 is 2.17 bits per heavy atom. The van der Waals surface area contributed by atoms with Gasteiger partial charge in [-0.3, -0.25) is 4.90 Å². The smallest absolute Gasteiger partial charge is 0.407 e. The van der Waals surface area contributed by atoms with Crippen LogP contribution in [0.25, 0.3) is 11.5 Å². The summed E-state index contributed by atoms with van der Waals surface area (Å²) in [5, 5.41) is 2.77. The molecule has 1 spiro atoms. The standard InChI is InChI=1S/C17H19N3O3/c21-16-18-11-17(23-16)7-4-8-20(12-17)9-14-10-22-15(19-14)13-5-2-1-3-6-13/h1-3,5-6,10H,4,7-9,11-12H2,(H,18,21)/t17-/m0/s1. The van der Waals surface area contributed by atoms with Crippen molar-refractivity contribution >= 4 is 6.09 Å². The summed E-state index contributed by atoms with van der Waals surface area (Å²) in [6, 6.07) is 9.87. The Bertz CT molecular complexity index is 700. The first-order valence-electron chi connectivity index (χ1n) is 7.92. The van der Waals surface area contributed by atoms with Crippen LogP contribution in [-0.4, -0.2) is 41.2 Å². The van der Waals surface area contributed by atoms with Gasteiger partial charge in [0.25, 0.3) is 0 Å². The van der Waals surface area contributed by atoms with Gasteiger partial charge in [0.2, 0.25) is 5.89 Å². The molecular formula is C17H19N3O3.